The molecule has 1 atom stereocenters. The van der Waals surface area contributed by atoms with Gasteiger partial charge in [0.1, 0.15) is 13.2 Å². The van der Waals surface area contributed by atoms with E-state index in [0.29, 0.717) is 19.3 Å². The van der Waals surface area contributed by atoms with Gasteiger partial charge in [-0.3, -0.25) is 14.4 Å². The topological polar surface area (TPSA) is 78.9 Å². The summed E-state index contributed by atoms with van der Waals surface area (Å²) in [6.45, 7) is 6.37. The Morgan fingerprint density at radius 1 is 0.339 bits per heavy atom. The van der Waals surface area contributed by atoms with Crippen LogP contribution in [0.3, 0.4) is 0 Å². The lowest BCUT2D eigenvalue weighted by atomic mass is 10.1. The van der Waals surface area contributed by atoms with Gasteiger partial charge in [-0.2, -0.15) is 0 Å². The summed E-state index contributed by atoms with van der Waals surface area (Å²) in [4.78, 5) is 37.9. The highest BCUT2D eigenvalue weighted by Crippen LogP contribution is 2.13. The summed E-state index contributed by atoms with van der Waals surface area (Å²) in [6, 6.07) is 0. The minimum atomic E-state index is -0.816. The van der Waals surface area contributed by atoms with Crippen molar-refractivity contribution >= 4 is 17.9 Å². The number of ether oxygens (including phenoxy) is 3. The van der Waals surface area contributed by atoms with Crippen LogP contribution in [-0.2, 0) is 28.6 Å². The van der Waals surface area contributed by atoms with Crippen molar-refractivity contribution in [1.29, 1.82) is 0 Å². The third-order valence-electron chi connectivity index (χ3n) is 10.4. The fourth-order valence-electron chi connectivity index (χ4n) is 6.63. The van der Waals surface area contributed by atoms with Gasteiger partial charge in [-0.05, 0) is 83.5 Å². The van der Waals surface area contributed by atoms with Crippen molar-refractivity contribution in [2.24, 2.45) is 0 Å². The Morgan fingerprint density at radius 3 is 1.15 bits per heavy atom. The van der Waals surface area contributed by atoms with Gasteiger partial charge >= 0.3 is 17.9 Å². The zero-order valence-electron chi connectivity index (χ0n) is 40.1. The molecule has 6 nitrogen and oxygen atoms in total. The van der Waals surface area contributed by atoms with Crippen LogP contribution < -0.4 is 0 Å². The zero-order valence-corrected chi connectivity index (χ0v) is 40.1. The minimum Gasteiger partial charge on any atom is -0.462 e. The highest BCUT2D eigenvalue weighted by molar-refractivity contribution is 5.71. The number of esters is 3. The van der Waals surface area contributed by atoms with Gasteiger partial charge in [0.25, 0.3) is 0 Å². The van der Waals surface area contributed by atoms with Crippen LogP contribution in [0.2, 0.25) is 0 Å². The van der Waals surface area contributed by atoms with E-state index in [2.05, 4.69) is 63.3 Å². The third kappa shape index (κ3) is 47.4. The van der Waals surface area contributed by atoms with E-state index >= 15 is 0 Å². The first-order chi connectivity index (χ1) is 30.5. The van der Waals surface area contributed by atoms with E-state index in [0.717, 1.165) is 83.5 Å². The molecule has 352 valence electrons. The van der Waals surface area contributed by atoms with E-state index in [-0.39, 0.29) is 37.5 Å². The number of rotatable bonds is 44. The van der Waals surface area contributed by atoms with Crippen molar-refractivity contribution < 1.29 is 28.6 Å². The highest BCUT2D eigenvalue weighted by atomic mass is 16.6. The molecule has 0 heterocycles. The Kier molecular flexibility index (Phi) is 47.0. The summed E-state index contributed by atoms with van der Waals surface area (Å²) >= 11 is 0. The fraction of sp³-hybridized carbons (Fsp3) is 0.661. The second-order valence-electron chi connectivity index (χ2n) is 16.5. The van der Waals surface area contributed by atoms with Crippen molar-refractivity contribution in [3.05, 3.63) is 97.2 Å². The number of carbonyl (C=O) groups is 3. The summed E-state index contributed by atoms with van der Waals surface area (Å²) < 4.78 is 16.7. The third-order valence-corrected chi connectivity index (χ3v) is 10.4. The van der Waals surface area contributed by atoms with E-state index in [4.69, 9.17) is 14.2 Å². The van der Waals surface area contributed by atoms with Gasteiger partial charge in [0.2, 0.25) is 0 Å². The first kappa shape index (κ1) is 58.3. The van der Waals surface area contributed by atoms with Gasteiger partial charge in [-0.25, -0.2) is 0 Å². The van der Waals surface area contributed by atoms with Crippen LogP contribution in [0.5, 0.6) is 0 Å². The Balaban J connectivity index is 4.52. The summed E-state index contributed by atoms with van der Waals surface area (Å²) in [6.07, 6.45) is 65.4. The molecule has 0 saturated heterocycles. The molecule has 0 amide bonds. The van der Waals surface area contributed by atoms with Gasteiger partial charge in [0.05, 0.1) is 0 Å². The largest absolute Gasteiger partial charge is 0.462 e. The smallest absolute Gasteiger partial charge is 0.306 e. The van der Waals surface area contributed by atoms with E-state index in [1.807, 2.05) is 54.7 Å². The Hall–Kier alpha value is -3.67. The molecular formula is C56H92O6. The molecule has 0 N–H and O–H groups in total. The molecular weight excluding hydrogens is 769 g/mol. The summed E-state index contributed by atoms with van der Waals surface area (Å²) in [5.74, 6) is -1.01. The van der Waals surface area contributed by atoms with Gasteiger partial charge in [0, 0.05) is 19.3 Å². The van der Waals surface area contributed by atoms with E-state index in [1.54, 1.807) is 0 Å². The van der Waals surface area contributed by atoms with Crippen LogP contribution in [0.4, 0.5) is 0 Å². The van der Waals surface area contributed by atoms with Crippen LogP contribution in [0.1, 0.15) is 220 Å². The number of unbranched alkanes of at least 4 members (excludes halogenated alkanes) is 22. The van der Waals surface area contributed by atoms with Gasteiger partial charge in [-0.15, -0.1) is 0 Å². The molecule has 0 radical (unpaired) electrons. The Morgan fingerprint density at radius 2 is 0.661 bits per heavy atom. The molecule has 62 heavy (non-hydrogen) atoms. The SMILES string of the molecule is CC/C=C/C=C/C=C/C=C/C=C/CCCC(=O)OCC(COC(=O)CCCCCCC/C=C/CCCCCCCCC)OC(=O)CCCCCCCC/C=C/C=C/CCCCC. The van der Waals surface area contributed by atoms with Gasteiger partial charge in [0.15, 0.2) is 6.10 Å². The molecule has 0 fully saturated rings. The lowest BCUT2D eigenvalue weighted by Crippen LogP contribution is -2.30. The van der Waals surface area contributed by atoms with E-state index in [9.17, 15) is 14.4 Å². The number of hydrogen-bond acceptors (Lipinski definition) is 6. The number of carbonyl (C=O) groups excluding carboxylic acids is 3. The van der Waals surface area contributed by atoms with Crippen molar-refractivity contribution in [3.8, 4) is 0 Å². The zero-order chi connectivity index (χ0) is 45.1. The molecule has 0 rings (SSSR count). The molecule has 0 aliphatic carbocycles. The predicted molar refractivity (Wildman–Crippen MR) is 265 cm³/mol. The first-order valence-electron chi connectivity index (χ1n) is 25.3. The second-order valence-corrected chi connectivity index (χ2v) is 16.5. The molecule has 0 aliphatic heterocycles. The Labute approximate surface area is 381 Å². The minimum absolute atomic E-state index is 0.110. The molecule has 0 bridgehead atoms. The maximum atomic E-state index is 12.8. The first-order valence-corrected chi connectivity index (χ1v) is 25.3. The molecule has 0 saturated carbocycles. The standard InChI is InChI=1S/C56H92O6/c1-4-7-10-13-16-19-22-25-27-29-31-34-37-40-43-46-49-55(58)61-52-53(51-60-54(57)48-45-42-39-36-33-30-24-21-18-15-12-9-6-3)62-56(59)50-47-44-41-38-35-32-28-26-23-20-17-14-11-8-5-2/h9,12,15,17-18,20-21,23-24,26-27,29-30,33,36,39,53H,4-8,10-11,13-14,16,19,22,25,28,31-32,34-35,37-38,40-52H2,1-3H3/b12-9+,18-15+,20-17+,24-21+,26-23+,29-27+,33-30+,39-36+. The summed E-state index contributed by atoms with van der Waals surface area (Å²) in [5.41, 5.74) is 0. The number of hydrogen-bond donors (Lipinski definition) is 0. The lowest BCUT2D eigenvalue weighted by Gasteiger charge is -2.18. The van der Waals surface area contributed by atoms with E-state index < -0.39 is 6.10 Å². The van der Waals surface area contributed by atoms with E-state index in [1.165, 1.54) is 89.9 Å². The molecule has 0 aromatic carbocycles. The molecule has 6 heteroatoms. The second kappa shape index (κ2) is 50.0. The highest BCUT2D eigenvalue weighted by Gasteiger charge is 2.19. The van der Waals surface area contributed by atoms with Crippen LogP contribution >= 0.6 is 0 Å². The predicted octanol–water partition coefficient (Wildman–Crippen LogP) is 16.6. The Bertz CT molecular complexity index is 1260. The van der Waals surface area contributed by atoms with Crippen molar-refractivity contribution in [2.75, 3.05) is 13.2 Å². The van der Waals surface area contributed by atoms with Crippen LogP contribution in [0.15, 0.2) is 97.2 Å². The summed E-state index contributed by atoms with van der Waals surface area (Å²) in [7, 11) is 0. The normalized spacial score (nSPS) is 12.9. The van der Waals surface area contributed by atoms with Crippen LogP contribution in [0, 0.1) is 0 Å². The maximum absolute atomic E-state index is 12.8. The van der Waals surface area contributed by atoms with Gasteiger partial charge < -0.3 is 14.2 Å². The van der Waals surface area contributed by atoms with Crippen LogP contribution in [-0.4, -0.2) is 37.2 Å². The van der Waals surface area contributed by atoms with Crippen molar-refractivity contribution in [3.63, 3.8) is 0 Å². The number of allylic oxidation sites excluding steroid dienone is 16. The van der Waals surface area contributed by atoms with Crippen molar-refractivity contribution in [1.82, 2.24) is 0 Å². The molecule has 0 aromatic heterocycles. The average molecular weight is 861 g/mol. The lowest BCUT2D eigenvalue weighted by molar-refractivity contribution is -0.167. The molecule has 0 aliphatic rings. The van der Waals surface area contributed by atoms with Crippen LogP contribution in [0.25, 0.3) is 0 Å². The molecule has 1 unspecified atom stereocenters. The summed E-state index contributed by atoms with van der Waals surface area (Å²) in [5, 5.41) is 0. The quantitative estimate of drug-likeness (QED) is 0.0200. The molecule has 0 aromatic rings. The average Bonchev–Trinajstić information content (AvgIpc) is 3.27. The fourth-order valence-corrected chi connectivity index (χ4v) is 6.63. The molecule has 0 spiro atoms. The monoisotopic (exact) mass is 861 g/mol. The van der Waals surface area contributed by atoms with Crippen molar-refractivity contribution in [2.45, 2.75) is 226 Å². The van der Waals surface area contributed by atoms with Gasteiger partial charge in [-0.1, -0.05) is 214 Å². The maximum Gasteiger partial charge on any atom is 0.306 e.